The summed E-state index contributed by atoms with van der Waals surface area (Å²) in [6, 6.07) is 6.62. The van der Waals surface area contributed by atoms with E-state index in [9.17, 15) is 24.0 Å². The van der Waals surface area contributed by atoms with Crippen molar-refractivity contribution in [2.45, 2.75) is 64.2 Å². The van der Waals surface area contributed by atoms with E-state index in [2.05, 4.69) is 16.0 Å². The molecule has 0 spiro atoms. The number of piperidine rings is 2. The Kier molecular flexibility index (Phi) is 13.2. The first-order valence-electron chi connectivity index (χ1n) is 18.1. The fraction of sp³-hybridized carbons (Fsp3) is 0.611. The minimum atomic E-state index is -0.730. The molecule has 3 aliphatic heterocycles. The Morgan fingerprint density at radius 3 is 2.04 bits per heavy atom. The summed E-state index contributed by atoms with van der Waals surface area (Å²) >= 11 is 0. The second-order valence-corrected chi connectivity index (χ2v) is 13.7. The van der Waals surface area contributed by atoms with Gasteiger partial charge in [-0.2, -0.15) is 0 Å². The molecule has 0 aromatic heterocycles. The van der Waals surface area contributed by atoms with Crippen LogP contribution in [0.3, 0.4) is 0 Å². The summed E-state index contributed by atoms with van der Waals surface area (Å²) in [6.07, 6.45) is 8.37. The Bertz CT molecular complexity index is 1420. The van der Waals surface area contributed by atoms with Gasteiger partial charge in [-0.1, -0.05) is 37.0 Å². The largest absolute Gasteiger partial charge is 0.419 e. The summed E-state index contributed by atoms with van der Waals surface area (Å²) < 4.78 is 5.36. The average Bonchev–Trinajstić information content (AvgIpc) is 3.13. The van der Waals surface area contributed by atoms with E-state index in [1.165, 1.54) is 29.7 Å². The highest BCUT2D eigenvalue weighted by molar-refractivity contribution is 5.98. The fourth-order valence-electron chi connectivity index (χ4n) is 7.30. The van der Waals surface area contributed by atoms with Gasteiger partial charge in [0.05, 0.1) is 6.54 Å². The minimum absolute atomic E-state index is 0.0553. The number of hydrogen-bond acceptors (Lipinski definition) is 8. The summed E-state index contributed by atoms with van der Waals surface area (Å²) in [5.74, 6) is -0.582. The Morgan fingerprint density at radius 2 is 1.38 bits per heavy atom. The maximum Gasteiger partial charge on any atom is 0.419 e. The Balaban J connectivity index is 1.12. The van der Waals surface area contributed by atoms with Crippen molar-refractivity contribution >= 4 is 35.7 Å². The molecule has 1 aliphatic carbocycles. The van der Waals surface area contributed by atoms with Crippen LogP contribution in [0.1, 0.15) is 80.1 Å². The van der Waals surface area contributed by atoms with Gasteiger partial charge < -0.3 is 41.1 Å². The van der Waals surface area contributed by atoms with Crippen LogP contribution in [0.15, 0.2) is 35.4 Å². The molecule has 272 valence electrons. The molecule has 4 aliphatic rings. The summed E-state index contributed by atoms with van der Waals surface area (Å²) in [7, 11) is 0. The topological polar surface area (TPSA) is 190 Å². The van der Waals surface area contributed by atoms with Gasteiger partial charge in [-0.05, 0) is 75.7 Å². The number of carbonyl (C=O) groups is 5. The predicted molar refractivity (Wildman–Crippen MR) is 187 cm³/mol. The third kappa shape index (κ3) is 10.1. The first-order chi connectivity index (χ1) is 24.2. The predicted octanol–water partition coefficient (Wildman–Crippen LogP) is 2.58. The van der Waals surface area contributed by atoms with Crippen LogP contribution in [0.2, 0.25) is 0 Å². The maximum atomic E-state index is 13.3. The van der Waals surface area contributed by atoms with Gasteiger partial charge in [0.1, 0.15) is 5.84 Å². The van der Waals surface area contributed by atoms with Crippen LogP contribution in [-0.4, -0.2) is 116 Å². The lowest BCUT2D eigenvalue weighted by Crippen LogP contribution is -2.54. The van der Waals surface area contributed by atoms with Gasteiger partial charge in [0, 0.05) is 68.8 Å². The molecule has 1 aromatic carbocycles. The zero-order chi connectivity index (χ0) is 35.5. The van der Waals surface area contributed by atoms with Crippen LogP contribution in [0.25, 0.3) is 0 Å². The number of ether oxygens (including phenoxy) is 1. The summed E-state index contributed by atoms with van der Waals surface area (Å²) in [5, 5.41) is 16.6. The molecule has 1 aromatic rings. The van der Waals surface area contributed by atoms with Crippen molar-refractivity contribution < 1.29 is 28.7 Å². The number of nitrogens with zero attached hydrogens (tertiary/aromatic N) is 3. The molecule has 5 amide bonds. The molecule has 0 radical (unpaired) electrons. The van der Waals surface area contributed by atoms with Crippen molar-refractivity contribution in [3.63, 3.8) is 0 Å². The number of nitrogen functional groups attached to an aromatic ring is 1. The maximum absolute atomic E-state index is 13.3. The molecular formula is C36H52N8O6. The number of amides is 5. The molecule has 14 heteroatoms. The number of benzene rings is 1. The molecule has 5 rings (SSSR count). The molecule has 1 saturated carbocycles. The van der Waals surface area contributed by atoms with Crippen molar-refractivity contribution in [3.05, 3.63) is 46.5 Å². The van der Waals surface area contributed by atoms with Crippen LogP contribution < -0.4 is 21.7 Å². The highest BCUT2D eigenvalue weighted by Gasteiger charge is 2.33. The quantitative estimate of drug-likeness (QED) is 0.125. The SMILES string of the molecule is N=C(N)c1ccc(C(=O)NCC2CCN(C(=O)OC(=O)N3CCN(C(=O)CNC(=O)C4CCNCC4)CC3)CC2=C2CCCCCCC2)cc1. The van der Waals surface area contributed by atoms with Crippen LogP contribution in [0.5, 0.6) is 0 Å². The van der Waals surface area contributed by atoms with Crippen molar-refractivity contribution in [1.29, 1.82) is 5.41 Å². The lowest BCUT2D eigenvalue weighted by atomic mass is 9.83. The molecule has 1 unspecified atom stereocenters. The Hall–Kier alpha value is -4.46. The lowest BCUT2D eigenvalue weighted by molar-refractivity contribution is -0.135. The van der Waals surface area contributed by atoms with Crippen LogP contribution in [0.4, 0.5) is 9.59 Å². The van der Waals surface area contributed by atoms with E-state index >= 15 is 0 Å². The summed E-state index contributed by atoms with van der Waals surface area (Å²) in [4.78, 5) is 69.1. The van der Waals surface area contributed by atoms with E-state index < -0.39 is 12.2 Å². The Morgan fingerprint density at radius 1 is 0.780 bits per heavy atom. The summed E-state index contributed by atoms with van der Waals surface area (Å²) in [6.45, 7) is 3.73. The molecule has 6 N–H and O–H groups in total. The number of amidine groups is 1. The average molecular weight is 693 g/mol. The number of carbonyl (C=O) groups excluding carboxylic acids is 5. The van der Waals surface area contributed by atoms with E-state index in [1.807, 2.05) is 0 Å². The molecule has 50 heavy (non-hydrogen) atoms. The van der Waals surface area contributed by atoms with Gasteiger partial charge >= 0.3 is 12.2 Å². The molecule has 0 bridgehead atoms. The second kappa shape index (κ2) is 18.0. The third-order valence-corrected chi connectivity index (χ3v) is 10.4. The number of nitrogens with one attached hydrogen (secondary N) is 4. The molecule has 4 fully saturated rings. The third-order valence-electron chi connectivity index (χ3n) is 10.4. The van der Waals surface area contributed by atoms with Crippen molar-refractivity contribution in [2.24, 2.45) is 17.6 Å². The number of nitrogens with two attached hydrogens (primary N) is 1. The zero-order valence-corrected chi connectivity index (χ0v) is 29.0. The lowest BCUT2D eigenvalue weighted by Gasteiger charge is -2.37. The van der Waals surface area contributed by atoms with Gasteiger partial charge in [-0.25, -0.2) is 9.59 Å². The van der Waals surface area contributed by atoms with Gasteiger partial charge in [-0.3, -0.25) is 19.8 Å². The standard InChI is InChI=1S/C36H52N8O6/c37-32(38)26-8-10-27(11-9-26)33(46)40-22-29-14-17-44(24-30(29)25-6-4-2-1-3-5-7-25)36(49)50-35(48)43-20-18-42(19-21-43)31(45)23-41-34(47)28-12-15-39-16-13-28/h8-11,28-29,39H,1-7,12-24H2,(H3,37,38)(H,40,46)(H,41,47). The highest BCUT2D eigenvalue weighted by Crippen LogP contribution is 2.32. The van der Waals surface area contributed by atoms with Gasteiger partial charge in [0.15, 0.2) is 0 Å². The molecular weight excluding hydrogens is 640 g/mol. The van der Waals surface area contributed by atoms with E-state index in [0.717, 1.165) is 57.2 Å². The van der Waals surface area contributed by atoms with Crippen molar-refractivity contribution in [3.8, 4) is 0 Å². The van der Waals surface area contributed by atoms with Crippen molar-refractivity contribution in [1.82, 2.24) is 30.7 Å². The first kappa shape index (κ1) is 36.8. The minimum Gasteiger partial charge on any atom is -0.384 e. The van der Waals surface area contributed by atoms with Gasteiger partial charge in [0.2, 0.25) is 11.8 Å². The molecule has 14 nitrogen and oxygen atoms in total. The number of likely N-dealkylation sites (tertiary alicyclic amines) is 1. The zero-order valence-electron chi connectivity index (χ0n) is 29.0. The fourth-order valence-corrected chi connectivity index (χ4v) is 7.30. The van der Waals surface area contributed by atoms with Gasteiger partial charge in [-0.15, -0.1) is 0 Å². The van der Waals surface area contributed by atoms with E-state index in [4.69, 9.17) is 15.9 Å². The van der Waals surface area contributed by atoms with Gasteiger partial charge in [0.25, 0.3) is 5.91 Å². The van der Waals surface area contributed by atoms with Crippen LogP contribution in [0, 0.1) is 17.2 Å². The first-order valence-corrected chi connectivity index (χ1v) is 18.1. The van der Waals surface area contributed by atoms with E-state index in [-0.39, 0.29) is 55.0 Å². The number of rotatable bonds is 7. The molecule has 3 saturated heterocycles. The number of piperazine rings is 1. The normalized spacial score (nSPS) is 20.7. The van der Waals surface area contributed by atoms with Crippen LogP contribution >= 0.6 is 0 Å². The highest BCUT2D eigenvalue weighted by atomic mass is 16.6. The summed E-state index contributed by atoms with van der Waals surface area (Å²) in [5.41, 5.74) is 9.07. The van der Waals surface area contributed by atoms with E-state index in [1.54, 1.807) is 34.1 Å². The van der Waals surface area contributed by atoms with E-state index in [0.29, 0.717) is 50.3 Å². The number of allylic oxidation sites excluding steroid dienone is 1. The monoisotopic (exact) mass is 692 g/mol. The Labute approximate surface area is 294 Å². The molecule has 3 heterocycles. The molecule has 1 atom stereocenters. The smallest absolute Gasteiger partial charge is 0.384 e. The van der Waals surface area contributed by atoms with Crippen molar-refractivity contribution in [2.75, 3.05) is 65.4 Å². The second-order valence-electron chi connectivity index (χ2n) is 13.7. The number of hydrogen-bond donors (Lipinski definition) is 5. The van der Waals surface area contributed by atoms with Crippen LogP contribution in [-0.2, 0) is 14.3 Å².